The smallest absolute Gasteiger partial charge is 0.133 e. The molecule has 18 heavy (non-hydrogen) atoms. The van der Waals surface area contributed by atoms with Crippen LogP contribution in [0.4, 0.5) is 5.00 Å². The van der Waals surface area contributed by atoms with Crippen LogP contribution in [-0.4, -0.2) is 15.7 Å². The molecular weight excluding hydrogens is 246 g/mol. The van der Waals surface area contributed by atoms with Crippen LogP contribution in [0.3, 0.4) is 0 Å². The lowest BCUT2D eigenvalue weighted by Gasteiger charge is -2.37. The van der Waals surface area contributed by atoms with Gasteiger partial charge in [-0.3, -0.25) is 0 Å². The maximum Gasteiger partial charge on any atom is 0.133 e. The van der Waals surface area contributed by atoms with Gasteiger partial charge in [0.1, 0.15) is 10.7 Å². The maximum atomic E-state index is 6.08. The molecule has 1 saturated carbocycles. The summed E-state index contributed by atoms with van der Waals surface area (Å²) in [6, 6.07) is 0. The van der Waals surface area contributed by atoms with Gasteiger partial charge in [0.05, 0.1) is 12.7 Å². The summed E-state index contributed by atoms with van der Waals surface area (Å²) < 4.78 is 9.92. The Morgan fingerprint density at radius 2 is 2.22 bits per heavy atom. The highest BCUT2D eigenvalue weighted by Crippen LogP contribution is 2.35. The van der Waals surface area contributed by atoms with Crippen molar-refractivity contribution < 1.29 is 4.74 Å². The number of anilines is 1. The Kier molecular flexibility index (Phi) is 4.56. The summed E-state index contributed by atoms with van der Waals surface area (Å²) >= 11 is 1.24. The van der Waals surface area contributed by atoms with Crippen LogP contribution in [0.5, 0.6) is 0 Å². The van der Waals surface area contributed by atoms with E-state index in [1.807, 2.05) is 0 Å². The first-order valence-electron chi connectivity index (χ1n) is 6.76. The summed E-state index contributed by atoms with van der Waals surface area (Å²) in [6.07, 6.45) is 4.09. The summed E-state index contributed by atoms with van der Waals surface area (Å²) in [5.74, 6) is 2.10. The lowest BCUT2D eigenvalue weighted by molar-refractivity contribution is -0.0481. The van der Waals surface area contributed by atoms with E-state index in [1.165, 1.54) is 24.4 Å². The average Bonchev–Trinajstić information content (AvgIpc) is 2.72. The monoisotopic (exact) mass is 269 g/mol. The van der Waals surface area contributed by atoms with Crippen LogP contribution >= 0.6 is 11.5 Å². The molecule has 0 amide bonds. The van der Waals surface area contributed by atoms with Gasteiger partial charge in [-0.2, -0.15) is 0 Å². The summed E-state index contributed by atoms with van der Waals surface area (Å²) in [4.78, 5) is 0. The van der Waals surface area contributed by atoms with Gasteiger partial charge in [0.2, 0.25) is 0 Å². The zero-order valence-electron chi connectivity index (χ0n) is 11.4. The van der Waals surface area contributed by atoms with Gasteiger partial charge < -0.3 is 10.5 Å². The largest absolute Gasteiger partial charge is 0.388 e. The number of aromatic nitrogens is 2. The van der Waals surface area contributed by atoms with E-state index >= 15 is 0 Å². The fourth-order valence-electron chi connectivity index (χ4n) is 2.81. The number of rotatable bonds is 4. The van der Waals surface area contributed by atoms with Gasteiger partial charge >= 0.3 is 0 Å². The van der Waals surface area contributed by atoms with Gasteiger partial charge in [-0.15, -0.1) is 5.10 Å². The molecule has 0 bridgehead atoms. The van der Waals surface area contributed by atoms with Crippen LogP contribution in [0.1, 0.15) is 45.7 Å². The van der Waals surface area contributed by atoms with Gasteiger partial charge in [0.15, 0.2) is 0 Å². The third kappa shape index (κ3) is 3.20. The summed E-state index contributed by atoms with van der Waals surface area (Å²) in [7, 11) is 0. The second kappa shape index (κ2) is 5.97. The van der Waals surface area contributed by atoms with Crippen LogP contribution in [-0.2, 0) is 11.3 Å². The standard InChI is InChI=1S/C13H23N3OS/c1-8(2)10-5-4-9(3)6-12(10)17-7-11-13(14)18-16-15-11/h8-10,12H,4-7,14H2,1-3H3. The van der Waals surface area contributed by atoms with E-state index in [4.69, 9.17) is 10.5 Å². The Morgan fingerprint density at radius 3 is 2.83 bits per heavy atom. The quantitative estimate of drug-likeness (QED) is 0.912. The third-order valence-electron chi connectivity index (χ3n) is 3.98. The van der Waals surface area contributed by atoms with Crippen LogP contribution in [0.15, 0.2) is 0 Å². The lowest BCUT2D eigenvalue weighted by atomic mass is 9.75. The van der Waals surface area contributed by atoms with E-state index in [0.29, 0.717) is 29.5 Å². The second-order valence-corrected chi connectivity index (χ2v) is 6.55. The van der Waals surface area contributed by atoms with Crippen molar-refractivity contribution in [1.29, 1.82) is 0 Å². The van der Waals surface area contributed by atoms with E-state index in [1.54, 1.807) is 0 Å². The molecule has 1 fully saturated rings. The fraction of sp³-hybridized carbons (Fsp3) is 0.846. The Balaban J connectivity index is 1.94. The second-order valence-electron chi connectivity index (χ2n) is 5.76. The third-order valence-corrected chi connectivity index (χ3v) is 4.58. The lowest BCUT2D eigenvalue weighted by Crippen LogP contribution is -2.34. The number of nitrogens with zero attached hydrogens (tertiary/aromatic N) is 2. The van der Waals surface area contributed by atoms with Crippen LogP contribution < -0.4 is 5.73 Å². The molecule has 1 aromatic heterocycles. The maximum absolute atomic E-state index is 6.08. The fourth-order valence-corrected chi connectivity index (χ4v) is 3.24. The molecule has 0 aliphatic heterocycles. The van der Waals surface area contributed by atoms with Crippen LogP contribution in [0.25, 0.3) is 0 Å². The first-order valence-corrected chi connectivity index (χ1v) is 7.53. The van der Waals surface area contributed by atoms with Crippen molar-refractivity contribution in [3.05, 3.63) is 5.69 Å². The highest BCUT2D eigenvalue weighted by Gasteiger charge is 2.31. The van der Waals surface area contributed by atoms with E-state index in [2.05, 4.69) is 30.4 Å². The Hall–Kier alpha value is -0.680. The Morgan fingerprint density at radius 1 is 1.44 bits per heavy atom. The van der Waals surface area contributed by atoms with Crippen molar-refractivity contribution >= 4 is 16.5 Å². The minimum Gasteiger partial charge on any atom is -0.388 e. The summed E-state index contributed by atoms with van der Waals surface area (Å²) in [6.45, 7) is 7.39. The zero-order valence-corrected chi connectivity index (χ0v) is 12.2. The summed E-state index contributed by atoms with van der Waals surface area (Å²) in [5, 5.41) is 4.69. The molecule has 3 atom stereocenters. The minimum atomic E-state index is 0.342. The highest BCUT2D eigenvalue weighted by molar-refractivity contribution is 7.09. The van der Waals surface area contributed by atoms with Crippen molar-refractivity contribution in [2.75, 3.05) is 5.73 Å². The van der Waals surface area contributed by atoms with Gasteiger partial charge in [-0.25, -0.2) is 0 Å². The number of nitrogen functional groups attached to an aromatic ring is 1. The predicted molar refractivity (Wildman–Crippen MR) is 74.2 cm³/mol. The molecule has 4 nitrogen and oxygen atoms in total. The van der Waals surface area contributed by atoms with Crippen molar-refractivity contribution in [2.45, 2.75) is 52.7 Å². The van der Waals surface area contributed by atoms with Gasteiger partial charge in [0.25, 0.3) is 0 Å². The molecule has 0 saturated heterocycles. The molecule has 1 aromatic rings. The number of hydrogen-bond donors (Lipinski definition) is 1. The SMILES string of the molecule is CC1CCC(C(C)C)C(OCc2nnsc2N)C1. The normalized spacial score (nSPS) is 28.8. The summed E-state index contributed by atoms with van der Waals surface area (Å²) in [5.41, 5.74) is 6.58. The minimum absolute atomic E-state index is 0.342. The molecule has 2 rings (SSSR count). The molecule has 102 valence electrons. The van der Waals surface area contributed by atoms with Crippen molar-refractivity contribution in [2.24, 2.45) is 17.8 Å². The molecule has 0 radical (unpaired) electrons. The van der Waals surface area contributed by atoms with Crippen molar-refractivity contribution in [1.82, 2.24) is 9.59 Å². The van der Waals surface area contributed by atoms with Gasteiger partial charge in [0, 0.05) is 11.5 Å². The molecule has 1 aliphatic carbocycles. The molecule has 5 heteroatoms. The zero-order chi connectivity index (χ0) is 13.1. The molecule has 1 heterocycles. The van der Waals surface area contributed by atoms with Crippen LogP contribution in [0, 0.1) is 17.8 Å². The first kappa shape index (κ1) is 13.7. The van der Waals surface area contributed by atoms with E-state index in [0.717, 1.165) is 18.0 Å². The molecule has 2 N–H and O–H groups in total. The molecule has 1 aliphatic rings. The van der Waals surface area contributed by atoms with Crippen molar-refractivity contribution in [3.8, 4) is 0 Å². The average molecular weight is 269 g/mol. The highest BCUT2D eigenvalue weighted by atomic mass is 32.1. The van der Waals surface area contributed by atoms with E-state index in [-0.39, 0.29) is 0 Å². The molecular formula is C13H23N3OS. The number of ether oxygens (including phenoxy) is 1. The van der Waals surface area contributed by atoms with Gasteiger partial charge in [-0.05, 0) is 30.6 Å². The predicted octanol–water partition coefficient (Wildman–Crippen LogP) is 3.10. The van der Waals surface area contributed by atoms with E-state index in [9.17, 15) is 0 Å². The van der Waals surface area contributed by atoms with Crippen molar-refractivity contribution in [3.63, 3.8) is 0 Å². The van der Waals surface area contributed by atoms with E-state index < -0.39 is 0 Å². The van der Waals surface area contributed by atoms with Crippen LogP contribution in [0.2, 0.25) is 0 Å². The molecule has 0 spiro atoms. The van der Waals surface area contributed by atoms with Gasteiger partial charge in [-0.1, -0.05) is 31.7 Å². The first-order chi connectivity index (χ1) is 8.58. The topological polar surface area (TPSA) is 61.0 Å². The Labute approximate surface area is 113 Å². The number of hydrogen-bond acceptors (Lipinski definition) is 5. The Bertz CT molecular complexity index is 380. The molecule has 3 unspecified atom stereocenters. The number of nitrogens with two attached hydrogens (primary N) is 1. The molecule has 0 aromatic carbocycles.